The highest BCUT2D eigenvalue weighted by Gasteiger charge is 2.40. The molecule has 0 saturated carbocycles. The van der Waals surface area contributed by atoms with Crippen LogP contribution in [-0.4, -0.2) is 32.0 Å². The van der Waals surface area contributed by atoms with Crippen LogP contribution in [0.1, 0.15) is 0 Å². The second kappa shape index (κ2) is 3.94. The summed E-state index contributed by atoms with van der Waals surface area (Å²) < 4.78 is 40.8. The van der Waals surface area contributed by atoms with E-state index in [2.05, 4.69) is 5.32 Å². The Morgan fingerprint density at radius 1 is 1.54 bits per heavy atom. The van der Waals surface area contributed by atoms with Gasteiger partial charge in [-0.15, -0.1) is 0 Å². The number of nitrogens with zero attached hydrogens (tertiary/aromatic N) is 1. The van der Waals surface area contributed by atoms with E-state index in [9.17, 15) is 13.2 Å². The van der Waals surface area contributed by atoms with Crippen LogP contribution in [-0.2, 0) is 4.74 Å². The van der Waals surface area contributed by atoms with Crippen molar-refractivity contribution < 1.29 is 17.9 Å². The van der Waals surface area contributed by atoms with E-state index in [0.29, 0.717) is 13.2 Å². The van der Waals surface area contributed by atoms with Gasteiger partial charge in [-0.2, -0.15) is 18.4 Å². The van der Waals surface area contributed by atoms with Gasteiger partial charge in [0.2, 0.25) is 0 Å². The van der Waals surface area contributed by atoms with Gasteiger partial charge in [-0.1, -0.05) is 0 Å². The molecule has 0 aromatic heterocycles. The molecule has 1 heterocycles. The van der Waals surface area contributed by atoms with Gasteiger partial charge in [-0.25, -0.2) is 0 Å². The standard InChI is InChI=1S/C7H9F3N2O/c8-7(9,10)5(1-11)2-12-6-3-13-4-6/h5-6,12H,2-4H2. The summed E-state index contributed by atoms with van der Waals surface area (Å²) in [6, 6.07) is 1.19. The van der Waals surface area contributed by atoms with Gasteiger partial charge in [-0.05, 0) is 0 Å². The lowest BCUT2D eigenvalue weighted by Crippen LogP contribution is -2.48. The van der Waals surface area contributed by atoms with E-state index in [-0.39, 0.29) is 12.6 Å². The van der Waals surface area contributed by atoms with Crippen LogP contribution in [0.15, 0.2) is 0 Å². The third-order valence-electron chi connectivity index (χ3n) is 1.80. The Bertz CT molecular complexity index is 207. The Kier molecular flexibility index (Phi) is 3.12. The molecule has 3 nitrogen and oxygen atoms in total. The molecule has 1 aliphatic heterocycles. The minimum absolute atomic E-state index is 0.0294. The maximum atomic E-state index is 12.0. The van der Waals surface area contributed by atoms with Crippen molar-refractivity contribution in [1.29, 1.82) is 5.26 Å². The average Bonchev–Trinajstić information content (AvgIpc) is 1.91. The van der Waals surface area contributed by atoms with Crippen LogP contribution in [0.3, 0.4) is 0 Å². The second-order valence-electron chi connectivity index (χ2n) is 2.87. The van der Waals surface area contributed by atoms with Gasteiger partial charge in [0.1, 0.15) is 0 Å². The molecule has 0 aromatic rings. The number of halogens is 3. The molecule has 1 fully saturated rings. The molecule has 74 valence electrons. The molecule has 0 spiro atoms. The van der Waals surface area contributed by atoms with E-state index in [4.69, 9.17) is 10.00 Å². The van der Waals surface area contributed by atoms with Gasteiger partial charge in [0.05, 0.1) is 25.3 Å². The molecule has 0 aromatic carbocycles. The van der Waals surface area contributed by atoms with Crippen LogP contribution in [0.2, 0.25) is 0 Å². The molecule has 6 heteroatoms. The maximum Gasteiger partial charge on any atom is 0.405 e. The van der Waals surface area contributed by atoms with E-state index in [1.54, 1.807) is 0 Å². The molecular formula is C7H9F3N2O. The van der Waals surface area contributed by atoms with Crippen LogP contribution in [0.5, 0.6) is 0 Å². The normalized spacial score (nSPS) is 20.5. The van der Waals surface area contributed by atoms with Crippen molar-refractivity contribution in [3.05, 3.63) is 0 Å². The summed E-state index contributed by atoms with van der Waals surface area (Å²) in [6.45, 7) is 0.500. The van der Waals surface area contributed by atoms with Crippen molar-refractivity contribution in [1.82, 2.24) is 5.32 Å². The van der Waals surface area contributed by atoms with Crippen molar-refractivity contribution in [2.75, 3.05) is 19.8 Å². The summed E-state index contributed by atoms with van der Waals surface area (Å²) in [6.07, 6.45) is -4.44. The van der Waals surface area contributed by atoms with Crippen molar-refractivity contribution in [3.63, 3.8) is 0 Å². The predicted molar refractivity (Wildman–Crippen MR) is 37.8 cm³/mol. The second-order valence-corrected chi connectivity index (χ2v) is 2.87. The first kappa shape index (κ1) is 10.3. The molecule has 1 rings (SSSR count). The summed E-state index contributed by atoms with van der Waals surface area (Å²) in [5, 5.41) is 10.8. The zero-order valence-corrected chi connectivity index (χ0v) is 6.77. The summed E-state index contributed by atoms with van der Waals surface area (Å²) in [5.41, 5.74) is 0. The van der Waals surface area contributed by atoms with Gasteiger partial charge in [0.15, 0.2) is 5.92 Å². The van der Waals surface area contributed by atoms with E-state index < -0.39 is 12.1 Å². The van der Waals surface area contributed by atoms with E-state index in [1.165, 1.54) is 6.07 Å². The quantitative estimate of drug-likeness (QED) is 0.718. The number of nitriles is 1. The predicted octanol–water partition coefficient (Wildman–Crippen LogP) is 0.677. The third kappa shape index (κ3) is 2.86. The van der Waals surface area contributed by atoms with E-state index in [1.807, 2.05) is 0 Å². The monoisotopic (exact) mass is 194 g/mol. The topological polar surface area (TPSA) is 45.0 Å². The summed E-state index contributed by atoms with van der Waals surface area (Å²) >= 11 is 0. The number of alkyl halides is 3. The number of ether oxygens (including phenoxy) is 1. The fourth-order valence-electron chi connectivity index (χ4n) is 0.873. The lowest BCUT2D eigenvalue weighted by atomic mass is 10.1. The lowest BCUT2D eigenvalue weighted by Gasteiger charge is -2.28. The Hall–Kier alpha value is -0.800. The largest absolute Gasteiger partial charge is 0.405 e. The van der Waals surface area contributed by atoms with Crippen LogP contribution in [0.4, 0.5) is 13.2 Å². The fourth-order valence-corrected chi connectivity index (χ4v) is 0.873. The Morgan fingerprint density at radius 3 is 2.46 bits per heavy atom. The zero-order valence-electron chi connectivity index (χ0n) is 6.77. The Morgan fingerprint density at radius 2 is 2.15 bits per heavy atom. The SMILES string of the molecule is N#CC(CNC1COC1)C(F)(F)F. The number of nitrogens with one attached hydrogen (secondary N) is 1. The molecule has 0 aliphatic carbocycles. The molecule has 0 amide bonds. The van der Waals surface area contributed by atoms with Crippen LogP contribution >= 0.6 is 0 Å². The highest BCUT2D eigenvalue weighted by Crippen LogP contribution is 2.25. The first-order valence-electron chi connectivity index (χ1n) is 3.81. The van der Waals surface area contributed by atoms with Crippen molar-refractivity contribution >= 4 is 0 Å². The summed E-state index contributed by atoms with van der Waals surface area (Å²) in [7, 11) is 0. The van der Waals surface area contributed by atoms with Crippen molar-refractivity contribution in [2.24, 2.45) is 5.92 Å². The smallest absolute Gasteiger partial charge is 0.378 e. The number of hydrogen-bond acceptors (Lipinski definition) is 3. The molecule has 1 saturated heterocycles. The molecule has 0 radical (unpaired) electrons. The molecule has 1 N–H and O–H groups in total. The average molecular weight is 194 g/mol. The molecular weight excluding hydrogens is 185 g/mol. The fraction of sp³-hybridized carbons (Fsp3) is 0.857. The molecule has 1 atom stereocenters. The van der Waals surface area contributed by atoms with E-state index in [0.717, 1.165) is 0 Å². The van der Waals surface area contributed by atoms with Gasteiger partial charge in [0.25, 0.3) is 0 Å². The lowest BCUT2D eigenvalue weighted by molar-refractivity contribution is -0.159. The molecule has 1 unspecified atom stereocenters. The van der Waals surface area contributed by atoms with E-state index >= 15 is 0 Å². The van der Waals surface area contributed by atoms with Crippen molar-refractivity contribution in [2.45, 2.75) is 12.2 Å². The Labute approximate surface area is 73.5 Å². The molecule has 13 heavy (non-hydrogen) atoms. The number of rotatable bonds is 3. The molecule has 1 aliphatic rings. The maximum absolute atomic E-state index is 12.0. The minimum atomic E-state index is -4.44. The third-order valence-corrected chi connectivity index (χ3v) is 1.80. The molecule has 0 bridgehead atoms. The summed E-state index contributed by atoms with van der Waals surface area (Å²) in [4.78, 5) is 0. The van der Waals surface area contributed by atoms with Crippen molar-refractivity contribution in [3.8, 4) is 6.07 Å². The summed E-state index contributed by atoms with van der Waals surface area (Å²) in [5.74, 6) is -1.92. The van der Waals surface area contributed by atoms with Gasteiger partial charge in [0, 0.05) is 6.54 Å². The van der Waals surface area contributed by atoms with Crippen LogP contribution in [0.25, 0.3) is 0 Å². The Balaban J connectivity index is 2.28. The van der Waals surface area contributed by atoms with Gasteiger partial charge >= 0.3 is 6.18 Å². The van der Waals surface area contributed by atoms with Gasteiger partial charge in [-0.3, -0.25) is 0 Å². The van der Waals surface area contributed by atoms with Crippen LogP contribution < -0.4 is 5.32 Å². The zero-order chi connectivity index (χ0) is 9.90. The highest BCUT2D eigenvalue weighted by atomic mass is 19.4. The first-order valence-corrected chi connectivity index (χ1v) is 3.81. The van der Waals surface area contributed by atoms with Crippen LogP contribution in [0, 0.1) is 17.2 Å². The minimum Gasteiger partial charge on any atom is -0.378 e. The first-order chi connectivity index (χ1) is 6.04. The van der Waals surface area contributed by atoms with Gasteiger partial charge < -0.3 is 10.1 Å². The highest BCUT2D eigenvalue weighted by molar-refractivity contribution is 4.91. The number of hydrogen-bond donors (Lipinski definition) is 1.